The van der Waals surface area contributed by atoms with Crippen LogP contribution < -0.4 is 19.5 Å². The standard InChI is InChI=1S/C30H36N4O7S/c1-20-17-34(21(2)19-35)29(36)26-16-23(32-42(38,39)25-13-11-24(40-4)12-14-25)10-15-27(26)41-28(20)18-33(3)30(37)31-22-8-6-5-7-9-22/h5-16,20-21,28,32,35H,17-19H2,1-4H3,(H,31,37)/t20-,21+,28-/m1/s1. The molecule has 0 saturated heterocycles. The van der Waals surface area contributed by atoms with Crippen molar-refractivity contribution in [2.45, 2.75) is 30.9 Å². The number of nitrogens with one attached hydrogen (secondary N) is 2. The molecular weight excluding hydrogens is 560 g/mol. The van der Waals surface area contributed by atoms with Gasteiger partial charge in [0.2, 0.25) is 0 Å². The van der Waals surface area contributed by atoms with E-state index in [0.717, 1.165) is 0 Å². The molecule has 11 nitrogen and oxygen atoms in total. The fraction of sp³-hybridized carbons (Fsp3) is 0.333. The van der Waals surface area contributed by atoms with E-state index in [0.29, 0.717) is 11.4 Å². The van der Waals surface area contributed by atoms with Crippen LogP contribution in [0.2, 0.25) is 0 Å². The fourth-order valence-electron chi connectivity index (χ4n) is 4.57. The lowest BCUT2D eigenvalue weighted by molar-refractivity contribution is 0.0371. The van der Waals surface area contributed by atoms with Gasteiger partial charge >= 0.3 is 6.03 Å². The molecule has 0 fully saturated rings. The van der Waals surface area contributed by atoms with Gasteiger partial charge in [0.15, 0.2) is 0 Å². The van der Waals surface area contributed by atoms with E-state index in [1.165, 1.54) is 42.3 Å². The van der Waals surface area contributed by atoms with Gasteiger partial charge in [-0.3, -0.25) is 9.52 Å². The van der Waals surface area contributed by atoms with Crippen LogP contribution >= 0.6 is 0 Å². The molecule has 0 saturated carbocycles. The molecule has 1 aliphatic heterocycles. The van der Waals surface area contributed by atoms with E-state index >= 15 is 0 Å². The molecule has 0 radical (unpaired) electrons. The third-order valence-corrected chi connectivity index (χ3v) is 8.51. The van der Waals surface area contributed by atoms with Crippen LogP contribution in [0.25, 0.3) is 0 Å². The number of rotatable bonds is 9. The number of likely N-dealkylation sites (N-methyl/N-ethyl adjacent to an activating group) is 1. The van der Waals surface area contributed by atoms with Crippen LogP contribution in [0, 0.1) is 5.92 Å². The minimum absolute atomic E-state index is 0.0267. The Balaban J connectivity index is 1.61. The first-order valence-electron chi connectivity index (χ1n) is 13.5. The topological polar surface area (TPSA) is 138 Å². The number of para-hydroxylation sites is 1. The summed E-state index contributed by atoms with van der Waals surface area (Å²) in [5, 5.41) is 12.8. The van der Waals surface area contributed by atoms with Crippen molar-refractivity contribution in [1.29, 1.82) is 0 Å². The Morgan fingerprint density at radius 1 is 1.12 bits per heavy atom. The van der Waals surface area contributed by atoms with Crippen molar-refractivity contribution in [3.05, 3.63) is 78.4 Å². The Morgan fingerprint density at radius 3 is 2.45 bits per heavy atom. The molecule has 3 amide bonds. The van der Waals surface area contributed by atoms with Gasteiger partial charge in [0, 0.05) is 30.9 Å². The molecule has 0 bridgehead atoms. The number of fused-ring (bicyclic) bond motifs is 1. The molecule has 3 N–H and O–H groups in total. The first-order chi connectivity index (χ1) is 20.0. The predicted octanol–water partition coefficient (Wildman–Crippen LogP) is 3.88. The quantitative estimate of drug-likeness (QED) is 0.341. The van der Waals surface area contributed by atoms with Gasteiger partial charge in [0.05, 0.1) is 36.8 Å². The van der Waals surface area contributed by atoms with Gasteiger partial charge in [0.1, 0.15) is 17.6 Å². The van der Waals surface area contributed by atoms with E-state index in [9.17, 15) is 23.1 Å². The summed E-state index contributed by atoms with van der Waals surface area (Å²) < 4.78 is 40.0. The van der Waals surface area contributed by atoms with Gasteiger partial charge in [-0.2, -0.15) is 0 Å². The van der Waals surface area contributed by atoms with E-state index in [2.05, 4.69) is 10.0 Å². The van der Waals surface area contributed by atoms with E-state index in [1.54, 1.807) is 43.1 Å². The van der Waals surface area contributed by atoms with E-state index in [1.807, 2.05) is 25.1 Å². The van der Waals surface area contributed by atoms with Gasteiger partial charge in [-0.25, -0.2) is 13.2 Å². The van der Waals surface area contributed by atoms with Crippen LogP contribution in [0.4, 0.5) is 16.2 Å². The first-order valence-corrected chi connectivity index (χ1v) is 15.0. The zero-order chi connectivity index (χ0) is 30.4. The Labute approximate surface area is 246 Å². The summed E-state index contributed by atoms with van der Waals surface area (Å²) in [4.78, 5) is 29.7. The molecule has 0 aliphatic carbocycles. The van der Waals surface area contributed by atoms with Crippen LogP contribution in [-0.2, 0) is 10.0 Å². The number of amides is 3. The minimum atomic E-state index is -3.97. The van der Waals surface area contributed by atoms with E-state index in [-0.39, 0.29) is 53.5 Å². The van der Waals surface area contributed by atoms with Crippen molar-refractivity contribution in [1.82, 2.24) is 9.80 Å². The Hall–Kier alpha value is -4.29. The Bertz CT molecular complexity index is 1500. The molecule has 42 heavy (non-hydrogen) atoms. The number of nitrogens with zero attached hydrogens (tertiary/aromatic N) is 2. The molecule has 0 aromatic heterocycles. The zero-order valence-corrected chi connectivity index (χ0v) is 24.8. The lowest BCUT2D eigenvalue weighted by Gasteiger charge is -2.38. The van der Waals surface area contributed by atoms with Gasteiger partial charge in [-0.05, 0) is 61.5 Å². The molecule has 3 atom stereocenters. The third-order valence-electron chi connectivity index (χ3n) is 7.11. The van der Waals surface area contributed by atoms with Crippen LogP contribution in [0.3, 0.4) is 0 Å². The smallest absolute Gasteiger partial charge is 0.321 e. The monoisotopic (exact) mass is 596 g/mol. The van der Waals surface area contributed by atoms with Crippen molar-refractivity contribution < 1.29 is 32.6 Å². The fourth-order valence-corrected chi connectivity index (χ4v) is 5.62. The second kappa shape index (κ2) is 13.1. The zero-order valence-electron chi connectivity index (χ0n) is 24.0. The van der Waals surface area contributed by atoms with Crippen LogP contribution in [0.1, 0.15) is 24.2 Å². The number of sulfonamides is 1. The lowest BCUT2D eigenvalue weighted by Crippen LogP contribution is -2.50. The summed E-state index contributed by atoms with van der Waals surface area (Å²) in [6.45, 7) is 3.85. The van der Waals surface area contributed by atoms with E-state index < -0.39 is 28.1 Å². The molecule has 1 aliphatic rings. The molecule has 12 heteroatoms. The average molecular weight is 597 g/mol. The van der Waals surface area contributed by atoms with Gasteiger partial charge in [-0.1, -0.05) is 25.1 Å². The summed E-state index contributed by atoms with van der Waals surface area (Å²) >= 11 is 0. The number of urea groups is 1. The number of hydrogen-bond acceptors (Lipinski definition) is 7. The van der Waals surface area contributed by atoms with Crippen LogP contribution in [-0.4, -0.2) is 81.3 Å². The first kappa shape index (κ1) is 30.7. The summed E-state index contributed by atoms with van der Waals surface area (Å²) in [5.74, 6) is 0.146. The second-order valence-electron chi connectivity index (χ2n) is 10.3. The van der Waals surface area contributed by atoms with Crippen molar-refractivity contribution in [3.63, 3.8) is 0 Å². The van der Waals surface area contributed by atoms with Gasteiger partial charge in [-0.15, -0.1) is 0 Å². The minimum Gasteiger partial charge on any atom is -0.497 e. The number of carbonyl (C=O) groups is 2. The van der Waals surface area contributed by atoms with Crippen molar-refractivity contribution >= 4 is 33.3 Å². The molecule has 3 aromatic carbocycles. The molecule has 1 heterocycles. The highest BCUT2D eigenvalue weighted by molar-refractivity contribution is 7.92. The number of aliphatic hydroxyl groups excluding tert-OH is 1. The predicted molar refractivity (Wildman–Crippen MR) is 159 cm³/mol. The summed E-state index contributed by atoms with van der Waals surface area (Å²) in [6.07, 6.45) is -0.515. The lowest BCUT2D eigenvalue weighted by atomic mass is 9.99. The van der Waals surface area contributed by atoms with Crippen LogP contribution in [0.5, 0.6) is 11.5 Å². The number of benzene rings is 3. The maximum atomic E-state index is 13.7. The van der Waals surface area contributed by atoms with Crippen molar-refractivity contribution in [3.8, 4) is 11.5 Å². The largest absolute Gasteiger partial charge is 0.497 e. The molecule has 3 aromatic rings. The average Bonchev–Trinajstić information content (AvgIpc) is 2.99. The Kier molecular flexibility index (Phi) is 9.59. The number of ether oxygens (including phenoxy) is 2. The number of carbonyl (C=O) groups excluding carboxylic acids is 2. The molecule has 4 rings (SSSR count). The normalized spacial score (nSPS) is 17.6. The number of methoxy groups -OCH3 is 1. The van der Waals surface area contributed by atoms with Crippen molar-refractivity contribution in [2.24, 2.45) is 5.92 Å². The molecule has 0 spiro atoms. The maximum absolute atomic E-state index is 13.7. The maximum Gasteiger partial charge on any atom is 0.321 e. The highest BCUT2D eigenvalue weighted by Gasteiger charge is 2.34. The van der Waals surface area contributed by atoms with Crippen molar-refractivity contribution in [2.75, 3.05) is 43.9 Å². The Morgan fingerprint density at radius 2 is 1.81 bits per heavy atom. The summed E-state index contributed by atoms with van der Waals surface area (Å²) in [7, 11) is -0.821. The SMILES string of the molecule is COc1ccc(S(=O)(=O)Nc2ccc3c(c2)C(=O)N([C@@H](C)CO)C[C@@H](C)[C@@H](CN(C)C(=O)Nc2ccccc2)O3)cc1. The highest BCUT2D eigenvalue weighted by atomic mass is 32.2. The van der Waals surface area contributed by atoms with Gasteiger partial charge in [0.25, 0.3) is 15.9 Å². The number of hydrogen-bond donors (Lipinski definition) is 3. The number of anilines is 2. The van der Waals surface area contributed by atoms with Crippen LogP contribution in [0.15, 0.2) is 77.7 Å². The molecule has 224 valence electrons. The third kappa shape index (κ3) is 7.12. The molecule has 0 unspecified atom stereocenters. The van der Waals surface area contributed by atoms with E-state index in [4.69, 9.17) is 9.47 Å². The van der Waals surface area contributed by atoms with Gasteiger partial charge < -0.3 is 29.7 Å². The number of aliphatic hydroxyl groups is 1. The molecular formula is C30H36N4O7S. The second-order valence-corrected chi connectivity index (χ2v) is 12.0. The highest BCUT2D eigenvalue weighted by Crippen LogP contribution is 2.31. The summed E-state index contributed by atoms with van der Waals surface area (Å²) in [5.41, 5.74) is 0.964. The summed E-state index contributed by atoms with van der Waals surface area (Å²) in [6, 6.07) is 18.7.